The number of likely N-dealkylation sites (tertiary alicyclic amines) is 1. The fourth-order valence-corrected chi connectivity index (χ4v) is 6.03. The first kappa shape index (κ1) is 26.0. The Labute approximate surface area is 201 Å². The number of piperidine rings is 1. The molecule has 34 heavy (non-hydrogen) atoms. The summed E-state index contributed by atoms with van der Waals surface area (Å²) in [5, 5.41) is 0. The van der Waals surface area contributed by atoms with Crippen LogP contribution in [0.5, 0.6) is 5.75 Å². The summed E-state index contributed by atoms with van der Waals surface area (Å²) in [6, 6.07) is 11.8. The molecule has 11 heteroatoms. The first-order valence-electron chi connectivity index (χ1n) is 11.1. The molecule has 1 N–H and O–H groups in total. The maximum absolute atomic E-state index is 13.0. The van der Waals surface area contributed by atoms with Crippen molar-refractivity contribution in [2.45, 2.75) is 36.0 Å². The minimum absolute atomic E-state index is 0.0489. The fourth-order valence-electron chi connectivity index (χ4n) is 3.75. The lowest BCUT2D eigenvalue weighted by Crippen LogP contribution is -2.39. The molecule has 0 radical (unpaired) electrons. The molecule has 1 fully saturated rings. The van der Waals surface area contributed by atoms with E-state index >= 15 is 0 Å². The highest BCUT2D eigenvalue weighted by molar-refractivity contribution is 7.92. The van der Waals surface area contributed by atoms with E-state index in [2.05, 4.69) is 11.6 Å². The van der Waals surface area contributed by atoms with E-state index in [9.17, 15) is 21.6 Å². The molecule has 9 nitrogen and oxygen atoms in total. The predicted molar refractivity (Wildman–Crippen MR) is 130 cm³/mol. The van der Waals surface area contributed by atoms with Gasteiger partial charge in [0.05, 0.1) is 22.6 Å². The Kier molecular flexibility index (Phi) is 8.21. The van der Waals surface area contributed by atoms with Gasteiger partial charge in [-0.05, 0) is 49.1 Å². The number of sulfonamides is 2. The predicted octanol–water partition coefficient (Wildman–Crippen LogP) is 2.45. The number of ether oxygens (including phenoxy) is 1. The van der Waals surface area contributed by atoms with Crippen molar-refractivity contribution in [1.82, 2.24) is 9.62 Å². The number of amides is 1. The monoisotopic (exact) mass is 509 g/mol. The number of nitrogens with one attached hydrogen (secondary N) is 1. The first-order valence-corrected chi connectivity index (χ1v) is 14.0. The minimum atomic E-state index is -3.98. The normalized spacial score (nSPS) is 15.2. The van der Waals surface area contributed by atoms with Gasteiger partial charge in [0, 0.05) is 33.1 Å². The van der Waals surface area contributed by atoms with E-state index in [1.54, 1.807) is 23.1 Å². The molecule has 2 aromatic carbocycles. The van der Waals surface area contributed by atoms with Crippen molar-refractivity contribution in [3.05, 3.63) is 48.5 Å². The van der Waals surface area contributed by atoms with Crippen molar-refractivity contribution < 1.29 is 26.4 Å². The third-order valence-electron chi connectivity index (χ3n) is 5.97. The zero-order chi connectivity index (χ0) is 24.9. The molecule has 3 rings (SSSR count). The van der Waals surface area contributed by atoms with Crippen molar-refractivity contribution in [3.63, 3.8) is 0 Å². The lowest BCUT2D eigenvalue weighted by molar-refractivity contribution is -0.132. The zero-order valence-electron chi connectivity index (χ0n) is 19.6. The smallest absolute Gasteiger partial charge is 0.264 e. The summed E-state index contributed by atoms with van der Waals surface area (Å²) < 4.78 is 60.6. The van der Waals surface area contributed by atoms with E-state index < -0.39 is 20.0 Å². The van der Waals surface area contributed by atoms with Gasteiger partial charge in [0.25, 0.3) is 10.0 Å². The van der Waals surface area contributed by atoms with E-state index in [4.69, 9.17) is 4.74 Å². The summed E-state index contributed by atoms with van der Waals surface area (Å²) in [5.41, 5.74) is 0.0766. The maximum Gasteiger partial charge on any atom is 0.264 e. The summed E-state index contributed by atoms with van der Waals surface area (Å²) in [5.74, 6) is 0.713. The van der Waals surface area contributed by atoms with E-state index in [-0.39, 0.29) is 40.1 Å². The standard InChI is InChI=1S/C23H31N3O6S2/c1-18-12-15-26(16-13-18)23(27)11-14-24-33(28,29)20-9-10-22(32-3)21(17-20)25(2)34(30,31)19-7-5-4-6-8-19/h4-10,17-18,24H,11-16H2,1-3H3. The van der Waals surface area contributed by atoms with Gasteiger partial charge in [-0.1, -0.05) is 25.1 Å². The van der Waals surface area contributed by atoms with Gasteiger partial charge in [0.15, 0.2) is 0 Å². The molecule has 0 spiro atoms. The Morgan fingerprint density at radius 3 is 2.32 bits per heavy atom. The van der Waals surface area contributed by atoms with Crippen LogP contribution in [0, 0.1) is 5.92 Å². The van der Waals surface area contributed by atoms with Crippen LogP contribution in [-0.4, -0.2) is 61.4 Å². The molecule has 1 amide bonds. The van der Waals surface area contributed by atoms with Gasteiger partial charge in [-0.25, -0.2) is 21.6 Å². The summed E-state index contributed by atoms with van der Waals surface area (Å²) in [6.45, 7) is 3.49. The molecule has 2 aromatic rings. The van der Waals surface area contributed by atoms with Crippen molar-refractivity contribution in [2.75, 3.05) is 38.1 Å². The van der Waals surface area contributed by atoms with Crippen molar-refractivity contribution in [1.29, 1.82) is 0 Å². The van der Waals surface area contributed by atoms with Crippen LogP contribution < -0.4 is 13.8 Å². The number of nitrogens with zero attached hydrogens (tertiary/aromatic N) is 2. The highest BCUT2D eigenvalue weighted by Crippen LogP contribution is 2.33. The fraction of sp³-hybridized carbons (Fsp3) is 0.435. The lowest BCUT2D eigenvalue weighted by atomic mass is 9.99. The number of benzene rings is 2. The molecule has 1 saturated heterocycles. The molecule has 0 atom stereocenters. The Hall–Kier alpha value is -2.63. The molecule has 0 aromatic heterocycles. The van der Waals surface area contributed by atoms with Crippen LogP contribution in [0.3, 0.4) is 0 Å². The summed E-state index contributed by atoms with van der Waals surface area (Å²) in [4.78, 5) is 14.1. The third kappa shape index (κ3) is 5.89. The second kappa shape index (κ2) is 10.7. The third-order valence-corrected chi connectivity index (χ3v) is 9.21. The highest BCUT2D eigenvalue weighted by Gasteiger charge is 2.26. The summed E-state index contributed by atoms with van der Waals surface area (Å²) >= 11 is 0. The summed E-state index contributed by atoms with van der Waals surface area (Å²) in [7, 11) is -5.22. The van der Waals surface area contributed by atoms with Crippen LogP contribution in [0.15, 0.2) is 58.3 Å². The van der Waals surface area contributed by atoms with E-state index in [1.165, 1.54) is 44.5 Å². The number of carbonyl (C=O) groups excluding carboxylic acids is 1. The SMILES string of the molecule is COc1ccc(S(=O)(=O)NCCC(=O)N2CCC(C)CC2)cc1N(C)S(=O)(=O)c1ccccc1. The van der Waals surface area contributed by atoms with Gasteiger partial charge >= 0.3 is 0 Å². The number of hydrogen-bond acceptors (Lipinski definition) is 6. The van der Waals surface area contributed by atoms with Crippen LogP contribution in [0.1, 0.15) is 26.2 Å². The number of anilines is 1. The second-order valence-corrected chi connectivity index (χ2v) is 12.1. The van der Waals surface area contributed by atoms with Crippen LogP contribution >= 0.6 is 0 Å². The first-order chi connectivity index (χ1) is 16.1. The molecule has 186 valence electrons. The largest absolute Gasteiger partial charge is 0.495 e. The van der Waals surface area contributed by atoms with E-state index in [0.29, 0.717) is 19.0 Å². The number of rotatable bonds is 9. The lowest BCUT2D eigenvalue weighted by Gasteiger charge is -2.30. The highest BCUT2D eigenvalue weighted by atomic mass is 32.2. The number of carbonyl (C=O) groups is 1. The Bertz CT molecular complexity index is 1210. The van der Waals surface area contributed by atoms with Gasteiger partial charge in [-0.2, -0.15) is 0 Å². The molecular formula is C23H31N3O6S2. The van der Waals surface area contributed by atoms with Crippen LogP contribution in [0.2, 0.25) is 0 Å². The average molecular weight is 510 g/mol. The molecule has 1 aliphatic heterocycles. The second-order valence-electron chi connectivity index (χ2n) is 8.33. The van der Waals surface area contributed by atoms with E-state index in [1.807, 2.05) is 0 Å². The van der Waals surface area contributed by atoms with Gasteiger partial charge in [0.1, 0.15) is 5.75 Å². The molecule has 0 unspecified atom stereocenters. The quantitative estimate of drug-likeness (QED) is 0.556. The Balaban J connectivity index is 1.75. The van der Waals surface area contributed by atoms with Gasteiger partial charge in [-0.15, -0.1) is 0 Å². The molecule has 0 aliphatic carbocycles. The Morgan fingerprint density at radius 2 is 1.71 bits per heavy atom. The molecule has 1 heterocycles. The van der Waals surface area contributed by atoms with Gasteiger partial charge in [0.2, 0.25) is 15.9 Å². The minimum Gasteiger partial charge on any atom is -0.495 e. The van der Waals surface area contributed by atoms with Crippen LogP contribution in [0.25, 0.3) is 0 Å². The molecule has 0 saturated carbocycles. The van der Waals surface area contributed by atoms with Crippen LogP contribution in [-0.2, 0) is 24.8 Å². The molecular weight excluding hydrogens is 478 g/mol. The Morgan fingerprint density at radius 1 is 1.06 bits per heavy atom. The molecule has 1 aliphatic rings. The average Bonchev–Trinajstić information content (AvgIpc) is 2.83. The topological polar surface area (TPSA) is 113 Å². The van der Waals surface area contributed by atoms with E-state index in [0.717, 1.165) is 17.1 Å². The summed E-state index contributed by atoms with van der Waals surface area (Å²) in [6.07, 6.45) is 1.95. The van der Waals surface area contributed by atoms with Gasteiger partial charge < -0.3 is 9.64 Å². The van der Waals surface area contributed by atoms with Crippen molar-refractivity contribution >= 4 is 31.6 Å². The maximum atomic E-state index is 13.0. The van der Waals surface area contributed by atoms with Crippen LogP contribution in [0.4, 0.5) is 5.69 Å². The van der Waals surface area contributed by atoms with Crippen molar-refractivity contribution in [3.8, 4) is 5.75 Å². The number of methoxy groups -OCH3 is 1. The van der Waals surface area contributed by atoms with Crippen molar-refractivity contribution in [2.24, 2.45) is 5.92 Å². The number of hydrogen-bond donors (Lipinski definition) is 1. The van der Waals surface area contributed by atoms with Gasteiger partial charge in [-0.3, -0.25) is 9.10 Å². The molecule has 0 bridgehead atoms. The zero-order valence-corrected chi connectivity index (χ0v) is 21.2.